The van der Waals surface area contributed by atoms with E-state index in [1.165, 1.54) is 0 Å². The number of hydroxylamine groups is 2. The van der Waals surface area contributed by atoms with Crippen LogP contribution in [0, 0.1) is 0 Å². The molecule has 0 aliphatic rings. The molecule has 0 saturated heterocycles. The minimum absolute atomic E-state index is 0.450. The summed E-state index contributed by atoms with van der Waals surface area (Å²) >= 11 is 0. The third-order valence-electron chi connectivity index (χ3n) is 1.32. The Bertz CT molecular complexity index is 242. The molecule has 11 heavy (non-hydrogen) atoms. The van der Waals surface area contributed by atoms with Gasteiger partial charge in [0.15, 0.2) is 0 Å². The zero-order valence-electron chi connectivity index (χ0n) is 6.44. The normalized spacial score (nSPS) is 10.5. The van der Waals surface area contributed by atoms with Gasteiger partial charge in [-0.3, -0.25) is 0 Å². The molecule has 0 atom stereocenters. The average molecular weight is 153 g/mol. The molecule has 0 bridgehead atoms. The van der Waals surface area contributed by atoms with Crippen molar-refractivity contribution in [3.8, 4) is 0 Å². The van der Waals surface area contributed by atoms with E-state index in [2.05, 4.69) is 11.7 Å². The molecular weight excluding hydrogens is 142 g/mol. The predicted molar refractivity (Wildman–Crippen MR) is 41.9 cm³/mol. The summed E-state index contributed by atoms with van der Waals surface area (Å²) in [5.74, 6) is 0. The van der Waals surface area contributed by atoms with Crippen molar-refractivity contribution in [2.45, 2.75) is 6.54 Å². The van der Waals surface area contributed by atoms with Crippen molar-refractivity contribution < 1.29 is 5.21 Å². The van der Waals surface area contributed by atoms with Gasteiger partial charge < -0.3 is 5.21 Å². The van der Waals surface area contributed by atoms with Gasteiger partial charge in [-0.25, -0.2) is 4.68 Å². The number of rotatable bonds is 3. The zero-order valence-corrected chi connectivity index (χ0v) is 6.44. The molecule has 1 heterocycles. The highest BCUT2D eigenvalue weighted by atomic mass is 16.5. The van der Waals surface area contributed by atoms with Gasteiger partial charge in [0.25, 0.3) is 0 Å². The molecule has 0 fully saturated rings. The van der Waals surface area contributed by atoms with E-state index >= 15 is 0 Å². The van der Waals surface area contributed by atoms with E-state index in [-0.39, 0.29) is 0 Å². The third kappa shape index (κ3) is 1.89. The van der Waals surface area contributed by atoms with Crippen molar-refractivity contribution >= 4 is 6.20 Å². The highest BCUT2D eigenvalue weighted by molar-refractivity contribution is 5.19. The second-order valence-corrected chi connectivity index (χ2v) is 2.27. The lowest BCUT2D eigenvalue weighted by Crippen LogP contribution is -2.13. The van der Waals surface area contributed by atoms with Gasteiger partial charge in [0.05, 0.1) is 12.2 Å². The van der Waals surface area contributed by atoms with Crippen molar-refractivity contribution in [1.82, 2.24) is 14.8 Å². The van der Waals surface area contributed by atoms with E-state index in [0.717, 1.165) is 10.8 Å². The molecule has 1 rings (SSSR count). The molecule has 0 spiro atoms. The molecule has 1 N–H and O–H groups in total. The summed E-state index contributed by atoms with van der Waals surface area (Å²) in [5, 5.41) is 13.9. The van der Waals surface area contributed by atoms with Gasteiger partial charge in [0.2, 0.25) is 0 Å². The maximum absolute atomic E-state index is 8.90. The summed E-state index contributed by atoms with van der Waals surface area (Å²) in [6.45, 7) is 4.02. The van der Waals surface area contributed by atoms with Gasteiger partial charge in [-0.2, -0.15) is 10.2 Å². The lowest BCUT2D eigenvalue weighted by molar-refractivity contribution is -0.0744. The average Bonchev–Trinajstić information content (AvgIpc) is 2.34. The SMILES string of the molecule is C=Cn1nccc1CN(C)O. The highest BCUT2D eigenvalue weighted by Gasteiger charge is 2.00. The molecule has 0 aromatic carbocycles. The summed E-state index contributed by atoms with van der Waals surface area (Å²) in [4.78, 5) is 0. The molecular formula is C7H11N3O. The van der Waals surface area contributed by atoms with Gasteiger partial charge in [-0.1, -0.05) is 6.58 Å². The lowest BCUT2D eigenvalue weighted by Gasteiger charge is -2.07. The van der Waals surface area contributed by atoms with Gasteiger partial charge in [-0.15, -0.1) is 0 Å². The van der Waals surface area contributed by atoms with Crippen LogP contribution in [0.1, 0.15) is 5.69 Å². The number of nitrogens with zero attached hydrogens (tertiary/aromatic N) is 3. The van der Waals surface area contributed by atoms with Crippen molar-refractivity contribution in [2.24, 2.45) is 0 Å². The maximum atomic E-state index is 8.90. The molecule has 60 valence electrons. The quantitative estimate of drug-likeness (QED) is 0.653. The fourth-order valence-electron chi connectivity index (χ4n) is 0.866. The van der Waals surface area contributed by atoms with Gasteiger partial charge in [0.1, 0.15) is 0 Å². The number of aromatic nitrogens is 2. The molecule has 0 aliphatic heterocycles. The van der Waals surface area contributed by atoms with E-state index in [1.54, 1.807) is 24.1 Å². The molecule has 1 aromatic rings. The number of hydrogen-bond acceptors (Lipinski definition) is 3. The topological polar surface area (TPSA) is 41.3 Å². The van der Waals surface area contributed by atoms with Crippen LogP contribution in [0.2, 0.25) is 0 Å². The predicted octanol–water partition coefficient (Wildman–Crippen LogP) is 0.805. The summed E-state index contributed by atoms with van der Waals surface area (Å²) in [5.41, 5.74) is 0.907. The Labute approximate surface area is 65.3 Å². The van der Waals surface area contributed by atoms with Crippen molar-refractivity contribution in [1.29, 1.82) is 0 Å². The van der Waals surface area contributed by atoms with E-state index in [4.69, 9.17) is 5.21 Å². The molecule has 4 heteroatoms. The molecule has 4 nitrogen and oxygen atoms in total. The zero-order chi connectivity index (χ0) is 8.27. The third-order valence-corrected chi connectivity index (χ3v) is 1.32. The first-order valence-corrected chi connectivity index (χ1v) is 3.29. The standard InChI is InChI=1S/C7H11N3O/c1-3-10-7(4-5-8-10)6-9(2)11/h3-5,11H,1,6H2,2H3. The Balaban J connectivity index is 2.76. The van der Waals surface area contributed by atoms with E-state index in [1.807, 2.05) is 6.07 Å². The van der Waals surface area contributed by atoms with Crippen molar-refractivity contribution in [2.75, 3.05) is 7.05 Å². The monoisotopic (exact) mass is 153 g/mol. The summed E-state index contributed by atoms with van der Waals surface area (Å²) in [7, 11) is 1.58. The Hall–Kier alpha value is -1.13. The minimum atomic E-state index is 0.450. The van der Waals surface area contributed by atoms with Crippen LogP contribution in [0.25, 0.3) is 6.20 Å². The van der Waals surface area contributed by atoms with Gasteiger partial charge >= 0.3 is 0 Å². The van der Waals surface area contributed by atoms with E-state index in [9.17, 15) is 0 Å². The molecule has 0 radical (unpaired) electrons. The minimum Gasteiger partial charge on any atom is -0.314 e. The smallest absolute Gasteiger partial charge is 0.0659 e. The lowest BCUT2D eigenvalue weighted by atomic mass is 10.4. The van der Waals surface area contributed by atoms with E-state index < -0.39 is 0 Å². The van der Waals surface area contributed by atoms with Crippen LogP contribution in [0.4, 0.5) is 0 Å². The summed E-state index contributed by atoms with van der Waals surface area (Å²) < 4.78 is 1.62. The number of hydrogen-bond donors (Lipinski definition) is 1. The fourth-order valence-corrected chi connectivity index (χ4v) is 0.866. The molecule has 0 aliphatic carbocycles. The first kappa shape index (κ1) is 7.97. The Morgan fingerprint density at radius 2 is 2.64 bits per heavy atom. The fraction of sp³-hybridized carbons (Fsp3) is 0.286. The largest absolute Gasteiger partial charge is 0.314 e. The Morgan fingerprint density at radius 3 is 3.18 bits per heavy atom. The van der Waals surface area contributed by atoms with Crippen LogP contribution in [-0.4, -0.2) is 27.1 Å². The summed E-state index contributed by atoms with van der Waals surface area (Å²) in [6.07, 6.45) is 3.26. The van der Waals surface area contributed by atoms with Crippen LogP contribution in [0.15, 0.2) is 18.8 Å². The van der Waals surface area contributed by atoms with Crippen molar-refractivity contribution in [3.05, 3.63) is 24.5 Å². The Kier molecular flexibility index (Phi) is 2.40. The molecule has 1 aromatic heterocycles. The van der Waals surface area contributed by atoms with Gasteiger partial charge in [-0.05, 0) is 6.07 Å². The van der Waals surface area contributed by atoms with Crippen LogP contribution in [0.3, 0.4) is 0 Å². The molecule has 0 amide bonds. The van der Waals surface area contributed by atoms with Crippen molar-refractivity contribution in [3.63, 3.8) is 0 Å². The molecule has 0 unspecified atom stereocenters. The Morgan fingerprint density at radius 1 is 1.91 bits per heavy atom. The summed E-state index contributed by atoms with van der Waals surface area (Å²) in [6, 6.07) is 1.83. The molecule has 0 saturated carbocycles. The van der Waals surface area contributed by atoms with Crippen LogP contribution in [0.5, 0.6) is 0 Å². The van der Waals surface area contributed by atoms with Crippen LogP contribution < -0.4 is 0 Å². The van der Waals surface area contributed by atoms with Crippen LogP contribution in [-0.2, 0) is 6.54 Å². The second kappa shape index (κ2) is 3.32. The van der Waals surface area contributed by atoms with Gasteiger partial charge in [0, 0.05) is 19.4 Å². The first-order chi connectivity index (χ1) is 5.24. The maximum Gasteiger partial charge on any atom is 0.0659 e. The van der Waals surface area contributed by atoms with E-state index in [0.29, 0.717) is 6.54 Å². The second-order valence-electron chi connectivity index (χ2n) is 2.27. The highest BCUT2D eigenvalue weighted by Crippen LogP contribution is 2.00. The first-order valence-electron chi connectivity index (χ1n) is 3.29. The van der Waals surface area contributed by atoms with Crippen LogP contribution >= 0.6 is 0 Å².